The van der Waals surface area contributed by atoms with E-state index in [-0.39, 0.29) is 11.4 Å². The summed E-state index contributed by atoms with van der Waals surface area (Å²) in [7, 11) is 0. The number of anilines is 1. The van der Waals surface area contributed by atoms with Crippen LogP contribution in [0.25, 0.3) is 5.69 Å². The van der Waals surface area contributed by atoms with E-state index in [0.717, 1.165) is 12.1 Å². The molecule has 4 rings (SSSR count). The van der Waals surface area contributed by atoms with Gasteiger partial charge in [0, 0.05) is 35.6 Å². The second-order valence-corrected chi connectivity index (χ2v) is 5.42. The molecule has 3 aromatic rings. The SMILES string of the molecule is [2H]C1([2H])C([2H])([2H])C1(C(=O)Nc1ccn(-c2ccnc(F)c2)n1)c1ccccc1F. The van der Waals surface area contributed by atoms with E-state index in [4.69, 9.17) is 5.48 Å². The van der Waals surface area contributed by atoms with Gasteiger partial charge in [0.2, 0.25) is 11.9 Å². The Morgan fingerprint density at radius 1 is 1.24 bits per heavy atom. The third-order valence-corrected chi connectivity index (χ3v) is 3.80. The number of aromatic nitrogens is 3. The number of carbonyl (C=O) groups excluding carboxylic acids is 1. The van der Waals surface area contributed by atoms with Gasteiger partial charge in [0.05, 0.1) is 11.1 Å². The average Bonchev–Trinajstić information content (AvgIpc) is 2.96. The van der Waals surface area contributed by atoms with Crippen molar-refractivity contribution in [3.63, 3.8) is 0 Å². The minimum absolute atomic E-state index is 0.0264. The van der Waals surface area contributed by atoms with Crippen molar-refractivity contribution in [1.82, 2.24) is 14.8 Å². The van der Waals surface area contributed by atoms with Crippen molar-refractivity contribution in [3.8, 4) is 5.69 Å². The van der Waals surface area contributed by atoms with E-state index >= 15 is 0 Å². The number of rotatable bonds is 4. The van der Waals surface area contributed by atoms with E-state index in [1.807, 2.05) is 0 Å². The monoisotopic (exact) mass is 344 g/mol. The number of halogens is 2. The smallest absolute Gasteiger partial charge is 0.236 e. The zero-order chi connectivity index (χ0) is 21.0. The summed E-state index contributed by atoms with van der Waals surface area (Å²) >= 11 is 0. The van der Waals surface area contributed by atoms with Crippen molar-refractivity contribution < 1.29 is 19.1 Å². The Bertz CT molecular complexity index is 1100. The van der Waals surface area contributed by atoms with Gasteiger partial charge in [0.25, 0.3) is 0 Å². The standard InChI is InChI=1S/C18H14F2N4O/c19-14-4-2-1-3-13(14)18(7-8-18)17(25)22-16-6-10-24(23-16)12-5-9-21-15(20)11-12/h1-6,9-11H,7-8H2,(H,22,23,25)/i7D2,8D2. The van der Waals surface area contributed by atoms with Crippen molar-refractivity contribution in [1.29, 1.82) is 0 Å². The predicted molar refractivity (Wildman–Crippen MR) is 87.3 cm³/mol. The van der Waals surface area contributed by atoms with E-state index in [2.05, 4.69) is 15.4 Å². The van der Waals surface area contributed by atoms with E-state index in [1.165, 1.54) is 47.4 Å². The lowest BCUT2D eigenvalue weighted by atomic mass is 9.94. The van der Waals surface area contributed by atoms with Crippen molar-refractivity contribution in [3.05, 3.63) is 72.2 Å². The molecule has 25 heavy (non-hydrogen) atoms. The fourth-order valence-corrected chi connectivity index (χ4v) is 2.48. The normalized spacial score (nSPS) is 21.4. The number of nitrogens with one attached hydrogen (secondary N) is 1. The summed E-state index contributed by atoms with van der Waals surface area (Å²) in [5, 5.41) is 6.43. The Kier molecular flexibility index (Phi) is 2.64. The van der Waals surface area contributed by atoms with Gasteiger partial charge in [-0.2, -0.15) is 9.49 Å². The maximum absolute atomic E-state index is 14.4. The highest BCUT2D eigenvalue weighted by atomic mass is 19.1. The summed E-state index contributed by atoms with van der Waals surface area (Å²) in [5.74, 6) is -2.70. The first-order chi connectivity index (χ1) is 13.6. The fourth-order valence-electron chi connectivity index (χ4n) is 2.48. The van der Waals surface area contributed by atoms with E-state index in [1.54, 1.807) is 0 Å². The molecular weight excluding hydrogens is 326 g/mol. The first-order valence-electron chi connectivity index (χ1n) is 9.37. The first kappa shape index (κ1) is 11.5. The van der Waals surface area contributed by atoms with Crippen LogP contribution >= 0.6 is 0 Å². The molecule has 0 aliphatic heterocycles. The van der Waals surface area contributed by atoms with Gasteiger partial charge in [-0.1, -0.05) is 18.2 Å². The van der Waals surface area contributed by atoms with Crippen LogP contribution in [-0.4, -0.2) is 20.7 Å². The summed E-state index contributed by atoms with van der Waals surface area (Å²) in [6.45, 7) is 0. The van der Waals surface area contributed by atoms with E-state index in [0.29, 0.717) is 5.69 Å². The largest absolute Gasteiger partial charge is 0.308 e. The zero-order valence-electron chi connectivity index (χ0n) is 16.7. The number of carbonyl (C=O) groups is 1. The molecule has 2 heterocycles. The number of hydrogen-bond donors (Lipinski definition) is 1. The molecule has 0 spiro atoms. The topological polar surface area (TPSA) is 59.8 Å². The van der Waals surface area contributed by atoms with Crippen LogP contribution < -0.4 is 5.32 Å². The van der Waals surface area contributed by atoms with Gasteiger partial charge in [0.1, 0.15) is 5.82 Å². The van der Waals surface area contributed by atoms with Crippen LogP contribution in [0.3, 0.4) is 0 Å². The van der Waals surface area contributed by atoms with Gasteiger partial charge in [-0.15, -0.1) is 0 Å². The Hall–Kier alpha value is -3.09. The third-order valence-electron chi connectivity index (χ3n) is 3.80. The Morgan fingerprint density at radius 2 is 2.04 bits per heavy atom. The third kappa shape index (κ3) is 2.77. The highest BCUT2D eigenvalue weighted by Gasteiger charge is 2.52. The summed E-state index contributed by atoms with van der Waals surface area (Å²) in [4.78, 5) is 16.4. The van der Waals surface area contributed by atoms with Gasteiger partial charge in [-0.25, -0.2) is 14.1 Å². The Balaban J connectivity index is 1.69. The molecular formula is C18H14F2N4O. The number of benzene rings is 1. The van der Waals surface area contributed by atoms with E-state index in [9.17, 15) is 13.6 Å². The van der Waals surface area contributed by atoms with Crippen LogP contribution in [0.5, 0.6) is 0 Å². The number of hydrogen-bond acceptors (Lipinski definition) is 3. The second kappa shape index (κ2) is 5.77. The lowest BCUT2D eigenvalue weighted by Gasteiger charge is -2.15. The zero-order valence-corrected chi connectivity index (χ0v) is 12.7. The molecule has 0 saturated heterocycles. The first-order valence-corrected chi connectivity index (χ1v) is 7.37. The van der Waals surface area contributed by atoms with Gasteiger partial charge >= 0.3 is 0 Å². The highest BCUT2D eigenvalue weighted by Crippen LogP contribution is 2.49. The van der Waals surface area contributed by atoms with Crippen LogP contribution in [-0.2, 0) is 10.2 Å². The van der Waals surface area contributed by atoms with Gasteiger partial charge in [-0.05, 0) is 24.9 Å². The molecule has 1 aromatic carbocycles. The van der Waals surface area contributed by atoms with Crippen molar-refractivity contribution in [2.45, 2.75) is 18.2 Å². The molecule has 7 heteroatoms. The van der Waals surface area contributed by atoms with Gasteiger partial charge in [0.15, 0.2) is 5.82 Å². The summed E-state index contributed by atoms with van der Waals surface area (Å²) in [6, 6.07) is 8.99. The van der Waals surface area contributed by atoms with Crippen LogP contribution in [0.4, 0.5) is 14.6 Å². The maximum atomic E-state index is 14.4. The molecule has 1 N–H and O–H groups in total. The molecule has 1 saturated carbocycles. The summed E-state index contributed by atoms with van der Waals surface area (Å²) in [5.41, 5.74) is -2.42. The maximum Gasteiger partial charge on any atom is 0.236 e. The van der Waals surface area contributed by atoms with E-state index < -0.39 is 35.8 Å². The molecule has 2 aromatic heterocycles. The van der Waals surface area contributed by atoms with Crippen molar-refractivity contribution in [2.24, 2.45) is 0 Å². The van der Waals surface area contributed by atoms with Crippen LogP contribution in [0, 0.1) is 11.8 Å². The lowest BCUT2D eigenvalue weighted by molar-refractivity contribution is -0.118. The molecule has 0 bridgehead atoms. The molecule has 5 nitrogen and oxygen atoms in total. The van der Waals surface area contributed by atoms with Crippen LogP contribution in [0.15, 0.2) is 54.9 Å². The highest BCUT2D eigenvalue weighted by molar-refractivity contribution is 6.00. The number of pyridine rings is 1. The molecule has 1 amide bonds. The van der Waals surface area contributed by atoms with Gasteiger partial charge < -0.3 is 5.32 Å². The number of nitrogens with zero attached hydrogens (tertiary/aromatic N) is 3. The number of amides is 1. The molecule has 1 aliphatic rings. The molecule has 126 valence electrons. The fraction of sp³-hybridized carbons (Fsp3) is 0.167. The van der Waals surface area contributed by atoms with Crippen molar-refractivity contribution >= 4 is 11.7 Å². The minimum Gasteiger partial charge on any atom is -0.308 e. The predicted octanol–water partition coefficient (Wildman–Crippen LogP) is 3.22. The molecule has 1 aliphatic carbocycles. The summed E-state index contributed by atoms with van der Waals surface area (Å²) in [6.07, 6.45) is -2.60. The summed E-state index contributed by atoms with van der Waals surface area (Å²) < 4.78 is 61.1. The Morgan fingerprint density at radius 3 is 2.76 bits per heavy atom. The average molecular weight is 344 g/mol. The van der Waals surface area contributed by atoms with Crippen LogP contribution in [0.1, 0.15) is 23.8 Å². The van der Waals surface area contributed by atoms with Gasteiger partial charge in [-0.3, -0.25) is 4.79 Å². The van der Waals surface area contributed by atoms with Crippen LogP contribution in [0.2, 0.25) is 0 Å². The lowest BCUT2D eigenvalue weighted by Crippen LogP contribution is -2.29. The quantitative estimate of drug-likeness (QED) is 0.739. The Labute approximate surface area is 147 Å². The molecule has 0 unspecified atom stereocenters. The second-order valence-electron chi connectivity index (χ2n) is 5.42. The molecule has 1 fully saturated rings. The molecule has 0 atom stereocenters. The minimum atomic E-state index is -2.64. The van der Waals surface area contributed by atoms with Crippen molar-refractivity contribution in [2.75, 3.05) is 5.32 Å². The molecule has 0 radical (unpaired) electrons.